The molecule has 2 nitrogen and oxygen atoms in total. The van der Waals surface area contributed by atoms with E-state index in [-0.39, 0.29) is 0 Å². The third kappa shape index (κ3) is 1.86. The lowest BCUT2D eigenvalue weighted by atomic mass is 10.0. The van der Waals surface area contributed by atoms with Gasteiger partial charge < -0.3 is 5.11 Å². The third-order valence-electron chi connectivity index (χ3n) is 1.72. The highest BCUT2D eigenvalue weighted by Crippen LogP contribution is 2.32. The number of hydrogen-bond donors (Lipinski definition) is 1. The van der Waals surface area contributed by atoms with Crippen LogP contribution < -0.4 is 0 Å². The molecule has 1 rings (SSSR count). The van der Waals surface area contributed by atoms with Gasteiger partial charge in [0.05, 0.1) is 5.56 Å². The van der Waals surface area contributed by atoms with Crippen molar-refractivity contribution in [1.29, 1.82) is 0 Å². The van der Waals surface area contributed by atoms with Crippen molar-refractivity contribution >= 4 is 5.78 Å². The molecule has 0 saturated carbocycles. The molecule has 0 spiro atoms. The van der Waals surface area contributed by atoms with Crippen molar-refractivity contribution in [2.45, 2.75) is 13.3 Å². The van der Waals surface area contributed by atoms with Gasteiger partial charge in [-0.2, -0.15) is 0 Å². The topological polar surface area (TPSA) is 37.3 Å². The standard InChI is InChI=1S/C9H7F3O2/c1-4(13)6-2-5(10)3-7(14)8(6)9(11)12/h2-3,9,14H,1H3. The third-order valence-corrected chi connectivity index (χ3v) is 1.72. The number of alkyl halides is 2. The predicted molar refractivity (Wildman–Crippen MR) is 43.0 cm³/mol. The Kier molecular flexibility index (Phi) is 2.78. The summed E-state index contributed by atoms with van der Waals surface area (Å²) in [6.45, 7) is 1.03. The van der Waals surface area contributed by atoms with Crippen LogP contribution in [0.1, 0.15) is 29.3 Å². The van der Waals surface area contributed by atoms with E-state index in [4.69, 9.17) is 5.11 Å². The Morgan fingerprint density at radius 3 is 2.43 bits per heavy atom. The Morgan fingerprint density at radius 1 is 1.43 bits per heavy atom. The summed E-state index contributed by atoms with van der Waals surface area (Å²) in [5.41, 5.74) is -1.31. The normalized spacial score (nSPS) is 10.6. The average molecular weight is 204 g/mol. The molecule has 0 unspecified atom stereocenters. The van der Waals surface area contributed by atoms with Crippen LogP contribution in [-0.2, 0) is 0 Å². The van der Waals surface area contributed by atoms with Crippen LogP contribution in [0.25, 0.3) is 0 Å². The van der Waals surface area contributed by atoms with E-state index in [1.807, 2.05) is 0 Å². The van der Waals surface area contributed by atoms with E-state index in [0.29, 0.717) is 12.1 Å². The maximum absolute atomic E-state index is 12.7. The fourth-order valence-electron chi connectivity index (χ4n) is 1.12. The highest BCUT2D eigenvalue weighted by Gasteiger charge is 2.21. The molecule has 1 aromatic rings. The number of phenols is 1. The number of Topliss-reactive ketones (excluding diaryl/α,β-unsaturated/α-hetero) is 1. The molecule has 1 aromatic carbocycles. The van der Waals surface area contributed by atoms with Gasteiger partial charge in [0.15, 0.2) is 5.78 Å². The van der Waals surface area contributed by atoms with Gasteiger partial charge in [0.2, 0.25) is 0 Å². The lowest BCUT2D eigenvalue weighted by Gasteiger charge is -2.08. The molecule has 0 bridgehead atoms. The first-order chi connectivity index (χ1) is 6.43. The first-order valence-corrected chi connectivity index (χ1v) is 3.75. The van der Waals surface area contributed by atoms with Crippen molar-refractivity contribution in [1.82, 2.24) is 0 Å². The molecule has 0 atom stereocenters. The molecule has 0 saturated heterocycles. The Labute approximate surface area is 78.0 Å². The molecule has 0 radical (unpaired) electrons. The molecular weight excluding hydrogens is 197 g/mol. The first kappa shape index (κ1) is 10.6. The summed E-state index contributed by atoms with van der Waals surface area (Å²) in [5.74, 6) is -2.53. The van der Waals surface area contributed by atoms with E-state index in [2.05, 4.69) is 0 Å². The summed E-state index contributed by atoms with van der Waals surface area (Å²) in [6, 6.07) is 1.23. The van der Waals surface area contributed by atoms with Crippen molar-refractivity contribution in [2.75, 3.05) is 0 Å². The molecule has 5 heteroatoms. The second-order valence-corrected chi connectivity index (χ2v) is 2.74. The maximum atomic E-state index is 12.7. The van der Waals surface area contributed by atoms with Crippen LogP contribution in [0.2, 0.25) is 0 Å². The zero-order valence-electron chi connectivity index (χ0n) is 7.22. The van der Waals surface area contributed by atoms with Crippen LogP contribution >= 0.6 is 0 Å². The van der Waals surface area contributed by atoms with Gasteiger partial charge in [0.25, 0.3) is 6.43 Å². The molecule has 0 aliphatic rings. The maximum Gasteiger partial charge on any atom is 0.268 e. The molecule has 14 heavy (non-hydrogen) atoms. The number of carbonyl (C=O) groups excluding carboxylic acids is 1. The summed E-state index contributed by atoms with van der Waals surface area (Å²) < 4.78 is 37.4. The molecule has 1 N–H and O–H groups in total. The summed E-state index contributed by atoms with van der Waals surface area (Å²) in [4.78, 5) is 10.9. The van der Waals surface area contributed by atoms with E-state index < -0.39 is 34.9 Å². The summed E-state index contributed by atoms with van der Waals surface area (Å²) in [5, 5.41) is 9.02. The summed E-state index contributed by atoms with van der Waals surface area (Å²) in [7, 11) is 0. The molecule has 0 aliphatic heterocycles. The lowest BCUT2D eigenvalue weighted by molar-refractivity contribution is 0.0995. The highest BCUT2D eigenvalue weighted by molar-refractivity contribution is 5.96. The monoisotopic (exact) mass is 204 g/mol. The number of aromatic hydroxyl groups is 1. The van der Waals surface area contributed by atoms with Crippen LogP contribution in [0.5, 0.6) is 5.75 Å². The number of phenolic OH excluding ortho intramolecular Hbond substituents is 1. The first-order valence-electron chi connectivity index (χ1n) is 3.75. The van der Waals surface area contributed by atoms with Crippen LogP contribution in [0.3, 0.4) is 0 Å². The minimum absolute atomic E-state index is 0.488. The highest BCUT2D eigenvalue weighted by atomic mass is 19.3. The van der Waals surface area contributed by atoms with Gasteiger partial charge in [0.1, 0.15) is 11.6 Å². The van der Waals surface area contributed by atoms with Crippen LogP contribution in [0, 0.1) is 5.82 Å². The minimum atomic E-state index is -3.01. The van der Waals surface area contributed by atoms with E-state index >= 15 is 0 Å². The zero-order valence-corrected chi connectivity index (χ0v) is 7.22. The van der Waals surface area contributed by atoms with Crippen molar-refractivity contribution in [3.63, 3.8) is 0 Å². The van der Waals surface area contributed by atoms with Crippen LogP contribution in [0.4, 0.5) is 13.2 Å². The van der Waals surface area contributed by atoms with Gasteiger partial charge in [-0.05, 0) is 13.0 Å². The number of halogens is 3. The smallest absolute Gasteiger partial charge is 0.268 e. The van der Waals surface area contributed by atoms with Gasteiger partial charge in [-0.3, -0.25) is 4.79 Å². The van der Waals surface area contributed by atoms with Crippen molar-refractivity contribution < 1.29 is 23.1 Å². The molecule has 0 heterocycles. The van der Waals surface area contributed by atoms with Crippen molar-refractivity contribution in [3.8, 4) is 5.75 Å². The van der Waals surface area contributed by atoms with E-state index in [1.165, 1.54) is 0 Å². The van der Waals surface area contributed by atoms with Crippen LogP contribution in [-0.4, -0.2) is 10.9 Å². The van der Waals surface area contributed by atoms with E-state index in [0.717, 1.165) is 6.92 Å². The molecule has 0 aromatic heterocycles. The van der Waals surface area contributed by atoms with Crippen molar-refractivity contribution in [3.05, 3.63) is 29.1 Å². The fraction of sp³-hybridized carbons (Fsp3) is 0.222. The Hall–Kier alpha value is -1.52. The number of ketones is 1. The number of rotatable bonds is 2. The quantitative estimate of drug-likeness (QED) is 0.752. The van der Waals surface area contributed by atoms with E-state index in [1.54, 1.807) is 0 Å². The molecule has 0 aliphatic carbocycles. The number of benzene rings is 1. The Morgan fingerprint density at radius 2 is 2.00 bits per heavy atom. The molecular formula is C9H7F3O2. The Bertz CT molecular complexity index is 375. The second-order valence-electron chi connectivity index (χ2n) is 2.74. The predicted octanol–water partition coefficient (Wildman–Crippen LogP) is 2.67. The number of carbonyl (C=O) groups is 1. The average Bonchev–Trinajstić information content (AvgIpc) is 2.01. The minimum Gasteiger partial charge on any atom is -0.507 e. The lowest BCUT2D eigenvalue weighted by Crippen LogP contribution is -2.01. The largest absolute Gasteiger partial charge is 0.507 e. The van der Waals surface area contributed by atoms with Crippen molar-refractivity contribution in [2.24, 2.45) is 0 Å². The second kappa shape index (κ2) is 3.69. The zero-order chi connectivity index (χ0) is 10.9. The van der Waals surface area contributed by atoms with Gasteiger partial charge in [-0.15, -0.1) is 0 Å². The number of hydrogen-bond acceptors (Lipinski definition) is 2. The molecule has 0 amide bonds. The fourth-order valence-corrected chi connectivity index (χ4v) is 1.12. The van der Waals surface area contributed by atoms with Crippen LogP contribution in [0.15, 0.2) is 12.1 Å². The van der Waals surface area contributed by atoms with Gasteiger partial charge in [-0.1, -0.05) is 0 Å². The van der Waals surface area contributed by atoms with Gasteiger partial charge >= 0.3 is 0 Å². The van der Waals surface area contributed by atoms with Gasteiger partial charge in [-0.25, -0.2) is 13.2 Å². The Balaban J connectivity index is 3.44. The SMILES string of the molecule is CC(=O)c1cc(F)cc(O)c1C(F)F. The molecule has 0 fully saturated rings. The van der Waals surface area contributed by atoms with Gasteiger partial charge in [0, 0.05) is 11.6 Å². The summed E-state index contributed by atoms with van der Waals surface area (Å²) >= 11 is 0. The molecule has 76 valence electrons. The van der Waals surface area contributed by atoms with E-state index in [9.17, 15) is 18.0 Å². The summed E-state index contributed by atoms with van der Waals surface area (Å²) in [6.07, 6.45) is -3.01.